The number of carbonyl (C=O) groups is 1. The van der Waals surface area contributed by atoms with Crippen LogP contribution in [0.2, 0.25) is 0 Å². The molecule has 0 aliphatic heterocycles. The molecule has 2 aromatic carbocycles. The molecule has 3 atom stereocenters. The predicted octanol–water partition coefficient (Wildman–Crippen LogP) is 6.85. The van der Waals surface area contributed by atoms with Gasteiger partial charge in [-0.2, -0.15) is 0 Å². The summed E-state index contributed by atoms with van der Waals surface area (Å²) in [5, 5.41) is 11.7. The third kappa shape index (κ3) is 5.95. The molecular formula is C31H41NO4. The zero-order valence-electron chi connectivity index (χ0n) is 22.2. The van der Waals surface area contributed by atoms with Gasteiger partial charge in [-0.05, 0) is 55.4 Å². The number of aliphatic hydroxyl groups excluding tert-OH is 1. The quantitative estimate of drug-likeness (QED) is 0.210. The fourth-order valence-corrected chi connectivity index (χ4v) is 5.38. The highest BCUT2D eigenvalue weighted by molar-refractivity contribution is 5.87. The molecule has 0 radical (unpaired) electrons. The summed E-state index contributed by atoms with van der Waals surface area (Å²) >= 11 is 0. The van der Waals surface area contributed by atoms with Crippen molar-refractivity contribution in [3.63, 3.8) is 0 Å². The number of hydrogen-bond donors (Lipinski definition) is 1. The number of ether oxygens (including phenoxy) is 2. The van der Waals surface area contributed by atoms with Crippen LogP contribution in [0, 0.1) is 17.3 Å². The maximum atomic E-state index is 12.7. The number of nitrogens with zero attached hydrogens (tertiary/aromatic N) is 1. The first-order valence-electron chi connectivity index (χ1n) is 13.5. The molecule has 0 spiro atoms. The van der Waals surface area contributed by atoms with E-state index in [0.29, 0.717) is 17.6 Å². The minimum atomic E-state index is -0.872. The van der Waals surface area contributed by atoms with Gasteiger partial charge >= 0.3 is 5.97 Å². The summed E-state index contributed by atoms with van der Waals surface area (Å²) in [6, 6.07) is 18.7. The molecule has 1 aliphatic rings. The van der Waals surface area contributed by atoms with Crippen molar-refractivity contribution in [1.29, 1.82) is 0 Å². The second-order valence-corrected chi connectivity index (χ2v) is 10.9. The van der Waals surface area contributed by atoms with E-state index in [-0.39, 0.29) is 24.6 Å². The highest BCUT2D eigenvalue weighted by Crippen LogP contribution is 2.57. The number of rotatable bonds is 13. The third-order valence-corrected chi connectivity index (χ3v) is 7.41. The zero-order valence-corrected chi connectivity index (χ0v) is 22.2. The smallest absolute Gasteiger partial charge is 0.312 e. The average Bonchev–Trinajstić information content (AvgIpc) is 3.36. The molecule has 0 saturated heterocycles. The SMILES string of the molecule is CCCCCn1c(-c2cccc(OCC(O)COC(=O)C3(CC(C)C)CC3C)c2)cc2ccccc21. The maximum Gasteiger partial charge on any atom is 0.312 e. The van der Waals surface area contributed by atoms with E-state index in [0.717, 1.165) is 31.4 Å². The van der Waals surface area contributed by atoms with Gasteiger partial charge in [-0.3, -0.25) is 4.79 Å². The van der Waals surface area contributed by atoms with Gasteiger partial charge in [0.1, 0.15) is 25.1 Å². The number of para-hydroxylation sites is 1. The number of aryl methyl sites for hydroxylation is 1. The summed E-state index contributed by atoms with van der Waals surface area (Å²) in [4.78, 5) is 12.7. The second kappa shape index (κ2) is 11.5. The molecule has 5 heteroatoms. The second-order valence-electron chi connectivity index (χ2n) is 10.9. The third-order valence-electron chi connectivity index (χ3n) is 7.41. The molecule has 5 nitrogen and oxygen atoms in total. The molecule has 3 aromatic rings. The number of unbranched alkanes of at least 4 members (excludes halogenated alkanes) is 2. The first-order chi connectivity index (χ1) is 17.3. The molecule has 4 rings (SSSR count). The molecule has 1 N–H and O–H groups in total. The Morgan fingerprint density at radius 2 is 1.89 bits per heavy atom. The lowest BCUT2D eigenvalue weighted by atomic mass is 9.92. The van der Waals surface area contributed by atoms with Crippen molar-refractivity contribution in [1.82, 2.24) is 4.57 Å². The lowest BCUT2D eigenvalue weighted by Gasteiger charge is -2.19. The van der Waals surface area contributed by atoms with E-state index in [9.17, 15) is 9.90 Å². The van der Waals surface area contributed by atoms with Crippen LogP contribution >= 0.6 is 0 Å². The number of aromatic nitrogens is 1. The number of esters is 1. The van der Waals surface area contributed by atoms with Crippen molar-refractivity contribution >= 4 is 16.9 Å². The van der Waals surface area contributed by atoms with Gasteiger partial charge in [0.2, 0.25) is 0 Å². The Morgan fingerprint density at radius 1 is 1.11 bits per heavy atom. The molecule has 0 amide bonds. The van der Waals surface area contributed by atoms with Crippen LogP contribution in [0.4, 0.5) is 0 Å². The molecule has 1 aliphatic carbocycles. The summed E-state index contributed by atoms with van der Waals surface area (Å²) in [6.45, 7) is 9.58. The minimum absolute atomic E-state index is 0.0449. The zero-order chi connectivity index (χ0) is 25.7. The van der Waals surface area contributed by atoms with E-state index in [4.69, 9.17) is 9.47 Å². The minimum Gasteiger partial charge on any atom is -0.491 e. The van der Waals surface area contributed by atoms with E-state index in [1.807, 2.05) is 18.2 Å². The van der Waals surface area contributed by atoms with Crippen molar-refractivity contribution in [2.45, 2.75) is 72.4 Å². The van der Waals surface area contributed by atoms with Gasteiger partial charge in [0.05, 0.1) is 5.41 Å². The molecule has 3 unspecified atom stereocenters. The van der Waals surface area contributed by atoms with Crippen LogP contribution in [-0.2, 0) is 16.1 Å². The van der Waals surface area contributed by atoms with Crippen LogP contribution in [0.1, 0.15) is 59.8 Å². The lowest BCUT2D eigenvalue weighted by molar-refractivity contribution is -0.155. The van der Waals surface area contributed by atoms with E-state index in [1.54, 1.807) is 0 Å². The Morgan fingerprint density at radius 3 is 2.61 bits per heavy atom. The van der Waals surface area contributed by atoms with Crippen LogP contribution in [0.25, 0.3) is 22.2 Å². The fraction of sp³-hybridized carbons (Fsp3) is 0.516. The Kier molecular flexibility index (Phi) is 8.40. The molecule has 36 heavy (non-hydrogen) atoms. The maximum absolute atomic E-state index is 12.7. The summed E-state index contributed by atoms with van der Waals surface area (Å²) < 4.78 is 13.8. The first-order valence-corrected chi connectivity index (χ1v) is 13.5. The number of hydrogen-bond acceptors (Lipinski definition) is 4. The molecule has 1 aromatic heterocycles. The molecular weight excluding hydrogens is 450 g/mol. The highest BCUT2D eigenvalue weighted by atomic mass is 16.5. The molecule has 194 valence electrons. The largest absolute Gasteiger partial charge is 0.491 e. The van der Waals surface area contributed by atoms with Crippen LogP contribution in [0.3, 0.4) is 0 Å². The van der Waals surface area contributed by atoms with Gasteiger partial charge in [-0.1, -0.05) is 70.9 Å². The summed E-state index contributed by atoms with van der Waals surface area (Å²) in [6.07, 6.45) is 4.37. The van der Waals surface area contributed by atoms with E-state index in [1.165, 1.54) is 29.4 Å². The van der Waals surface area contributed by atoms with Crippen molar-refractivity contribution in [3.05, 3.63) is 54.6 Å². The van der Waals surface area contributed by atoms with Crippen molar-refractivity contribution < 1.29 is 19.4 Å². The molecule has 1 fully saturated rings. The Hall–Kier alpha value is -2.79. The summed E-state index contributed by atoms with van der Waals surface area (Å²) in [5.41, 5.74) is 3.13. The van der Waals surface area contributed by atoms with Crippen LogP contribution in [-0.4, -0.2) is 35.0 Å². The standard InChI is InChI=1S/C31H41NO4/c1-5-6-9-15-32-28-14-8-7-11-25(28)17-29(32)24-12-10-13-27(16-24)35-20-26(33)21-36-30(34)31(18-22(2)3)19-23(31)4/h7-8,10-14,16-17,22-23,26,33H,5-6,9,15,18-21H2,1-4H3. The predicted molar refractivity (Wildman–Crippen MR) is 145 cm³/mol. The topological polar surface area (TPSA) is 60.7 Å². The molecule has 1 heterocycles. The van der Waals surface area contributed by atoms with Gasteiger partial charge in [-0.15, -0.1) is 0 Å². The lowest BCUT2D eigenvalue weighted by Crippen LogP contribution is -2.29. The monoisotopic (exact) mass is 491 g/mol. The molecule has 0 bridgehead atoms. The van der Waals surface area contributed by atoms with Gasteiger partial charge in [0.15, 0.2) is 0 Å². The average molecular weight is 492 g/mol. The molecule has 1 saturated carbocycles. The van der Waals surface area contributed by atoms with Crippen molar-refractivity contribution in [2.24, 2.45) is 17.3 Å². The Balaban J connectivity index is 1.38. The Labute approximate surface area is 215 Å². The van der Waals surface area contributed by atoms with Gasteiger partial charge < -0.3 is 19.1 Å². The van der Waals surface area contributed by atoms with Crippen LogP contribution < -0.4 is 4.74 Å². The first kappa shape index (κ1) is 26.3. The number of carbonyl (C=O) groups excluding carboxylic acids is 1. The van der Waals surface area contributed by atoms with Crippen molar-refractivity contribution in [2.75, 3.05) is 13.2 Å². The van der Waals surface area contributed by atoms with Crippen LogP contribution in [0.5, 0.6) is 5.75 Å². The fourth-order valence-electron chi connectivity index (χ4n) is 5.38. The number of fused-ring (bicyclic) bond motifs is 1. The number of aliphatic hydroxyl groups is 1. The number of benzene rings is 2. The van der Waals surface area contributed by atoms with E-state index in [2.05, 4.69) is 68.7 Å². The Bertz CT molecular complexity index is 1170. The van der Waals surface area contributed by atoms with Crippen LogP contribution in [0.15, 0.2) is 54.6 Å². The van der Waals surface area contributed by atoms with E-state index < -0.39 is 6.10 Å². The van der Waals surface area contributed by atoms with Crippen molar-refractivity contribution in [3.8, 4) is 17.0 Å². The van der Waals surface area contributed by atoms with Gasteiger partial charge in [0.25, 0.3) is 0 Å². The summed E-state index contributed by atoms with van der Waals surface area (Å²) in [5.74, 6) is 1.30. The van der Waals surface area contributed by atoms with Gasteiger partial charge in [0, 0.05) is 28.7 Å². The highest BCUT2D eigenvalue weighted by Gasteiger charge is 2.58. The van der Waals surface area contributed by atoms with E-state index >= 15 is 0 Å². The normalized spacial score (nSPS) is 20.0. The van der Waals surface area contributed by atoms with Gasteiger partial charge in [-0.25, -0.2) is 0 Å². The summed E-state index contributed by atoms with van der Waals surface area (Å²) in [7, 11) is 0.